The van der Waals surface area contributed by atoms with Gasteiger partial charge in [-0.25, -0.2) is 0 Å². The van der Waals surface area contributed by atoms with Gasteiger partial charge in [-0.3, -0.25) is 0 Å². The average molecular weight is 574 g/mol. The first-order chi connectivity index (χ1) is 21.6. The van der Waals surface area contributed by atoms with Crippen LogP contribution in [0.25, 0.3) is 28.0 Å². The Morgan fingerprint density at radius 1 is 0.750 bits per heavy atom. The van der Waals surface area contributed by atoms with E-state index in [1.165, 1.54) is 89.2 Å². The van der Waals surface area contributed by atoms with Crippen LogP contribution in [0.5, 0.6) is 5.75 Å². The van der Waals surface area contributed by atoms with Gasteiger partial charge in [0.15, 0.2) is 5.60 Å². The molecule has 0 bridgehead atoms. The van der Waals surface area contributed by atoms with E-state index in [-0.39, 0.29) is 5.41 Å². The van der Waals surface area contributed by atoms with E-state index < -0.39 is 5.60 Å². The van der Waals surface area contributed by atoms with E-state index in [0.29, 0.717) is 0 Å². The molecule has 3 aliphatic carbocycles. The average Bonchev–Trinajstić information content (AvgIpc) is 3.16. The number of hydrogen-bond acceptors (Lipinski definition) is 2. The summed E-state index contributed by atoms with van der Waals surface area (Å²) in [7, 11) is 4.17. The maximum absolute atomic E-state index is 7.52. The van der Waals surface area contributed by atoms with Crippen molar-refractivity contribution < 1.29 is 4.74 Å². The molecular weight excluding hydrogens is 534 g/mol. The molecule has 44 heavy (non-hydrogen) atoms. The lowest BCUT2D eigenvalue weighted by molar-refractivity contribution is 0.163. The molecule has 1 aliphatic heterocycles. The Morgan fingerprint density at radius 2 is 1.45 bits per heavy atom. The van der Waals surface area contributed by atoms with Crippen molar-refractivity contribution in [1.29, 1.82) is 0 Å². The topological polar surface area (TPSA) is 12.5 Å². The maximum Gasteiger partial charge on any atom is 0.185 e. The largest absolute Gasteiger partial charge is 0.472 e. The van der Waals surface area contributed by atoms with Crippen LogP contribution >= 0.6 is 0 Å². The van der Waals surface area contributed by atoms with Gasteiger partial charge in [0.05, 0.1) is 5.57 Å². The SMILES string of the molecule is CN(C)C1=CC=C(C2(c3ccccc3)C=Cc3c4c(c5ccccc5c3O2)-c2ccccc2C42CCCCCCC2)C#CC1. The minimum Gasteiger partial charge on any atom is -0.472 e. The third-order valence-corrected chi connectivity index (χ3v) is 10.5. The Bertz CT molecular complexity index is 1920. The fraction of sp³-hybridized carbons (Fsp3) is 0.286. The van der Waals surface area contributed by atoms with Crippen LogP contribution in [-0.4, -0.2) is 19.0 Å². The Hall–Kier alpha value is -4.48. The molecule has 1 saturated carbocycles. The third kappa shape index (κ3) is 4.02. The number of rotatable bonds is 3. The van der Waals surface area contributed by atoms with E-state index in [1.807, 2.05) is 0 Å². The van der Waals surface area contributed by atoms with Crippen molar-refractivity contribution in [3.05, 3.63) is 131 Å². The lowest BCUT2D eigenvalue weighted by atomic mass is 9.67. The molecule has 8 rings (SSSR count). The van der Waals surface area contributed by atoms with Crippen LogP contribution < -0.4 is 4.74 Å². The van der Waals surface area contributed by atoms with Gasteiger partial charge in [-0.2, -0.15) is 0 Å². The molecule has 1 spiro atoms. The number of nitrogens with zero attached hydrogens (tertiary/aromatic N) is 1. The van der Waals surface area contributed by atoms with Crippen molar-refractivity contribution in [2.45, 2.75) is 62.4 Å². The van der Waals surface area contributed by atoms with Gasteiger partial charge in [0, 0.05) is 48.1 Å². The van der Waals surface area contributed by atoms with Crippen LogP contribution in [0.3, 0.4) is 0 Å². The number of allylic oxidation sites excluding steroid dienone is 3. The van der Waals surface area contributed by atoms with Crippen molar-refractivity contribution in [2.24, 2.45) is 0 Å². The second-order valence-electron chi connectivity index (χ2n) is 13.1. The number of benzene rings is 4. The first-order valence-corrected chi connectivity index (χ1v) is 16.3. The zero-order valence-corrected chi connectivity index (χ0v) is 25.8. The number of ether oxygens (including phenoxy) is 1. The van der Waals surface area contributed by atoms with E-state index in [0.717, 1.165) is 23.3 Å². The summed E-state index contributed by atoms with van der Waals surface area (Å²) in [5.74, 6) is 7.99. The minimum absolute atomic E-state index is 0.00561. The van der Waals surface area contributed by atoms with Crippen molar-refractivity contribution in [3.8, 4) is 28.7 Å². The standard InChI is InChI=1S/C42H39NO/c1-43(2)32-19-15-18-31(24-25-32)42(30-16-7-6-8-17-30)29-26-36-39-38(33-20-9-10-21-34(33)40(36)44-42)35-22-11-12-23-37(35)41(39)27-13-4-3-5-14-28-41/h6-12,16-17,20-26,29H,3-5,13-14,19,27-28H2,1-2H3. The quantitative estimate of drug-likeness (QED) is 0.226. The zero-order valence-electron chi connectivity index (χ0n) is 25.8. The van der Waals surface area contributed by atoms with Gasteiger partial charge in [0.25, 0.3) is 0 Å². The van der Waals surface area contributed by atoms with E-state index >= 15 is 0 Å². The van der Waals surface area contributed by atoms with Gasteiger partial charge in [-0.15, -0.1) is 0 Å². The molecule has 4 aromatic carbocycles. The first kappa shape index (κ1) is 27.1. The molecular formula is C42H39NO. The molecule has 0 saturated heterocycles. The molecule has 4 aromatic rings. The maximum atomic E-state index is 7.52. The molecule has 4 aliphatic rings. The molecule has 218 valence electrons. The van der Waals surface area contributed by atoms with Gasteiger partial charge in [-0.05, 0) is 58.7 Å². The molecule has 2 heteroatoms. The van der Waals surface area contributed by atoms with Gasteiger partial charge >= 0.3 is 0 Å². The Kier molecular flexibility index (Phi) is 6.53. The summed E-state index contributed by atoms with van der Waals surface area (Å²) in [5.41, 5.74) is 9.54. The van der Waals surface area contributed by atoms with E-state index in [2.05, 4.69) is 134 Å². The van der Waals surface area contributed by atoms with Crippen LogP contribution in [0, 0.1) is 11.8 Å². The van der Waals surface area contributed by atoms with Crippen molar-refractivity contribution in [2.75, 3.05) is 14.1 Å². The summed E-state index contributed by atoms with van der Waals surface area (Å²) < 4.78 is 7.52. The monoisotopic (exact) mass is 573 g/mol. The van der Waals surface area contributed by atoms with E-state index in [9.17, 15) is 0 Å². The molecule has 1 atom stereocenters. The predicted octanol–water partition coefficient (Wildman–Crippen LogP) is 9.93. The van der Waals surface area contributed by atoms with Crippen LogP contribution in [0.2, 0.25) is 0 Å². The normalized spacial score (nSPS) is 21.3. The molecule has 1 fully saturated rings. The fourth-order valence-electron chi connectivity index (χ4n) is 8.32. The van der Waals surface area contributed by atoms with Gasteiger partial charge < -0.3 is 9.64 Å². The van der Waals surface area contributed by atoms with Gasteiger partial charge in [0.2, 0.25) is 0 Å². The Morgan fingerprint density at radius 3 is 2.25 bits per heavy atom. The van der Waals surface area contributed by atoms with Crippen molar-refractivity contribution >= 4 is 16.8 Å². The molecule has 2 nitrogen and oxygen atoms in total. The van der Waals surface area contributed by atoms with Crippen molar-refractivity contribution in [3.63, 3.8) is 0 Å². The highest BCUT2D eigenvalue weighted by molar-refractivity contribution is 6.08. The van der Waals surface area contributed by atoms with E-state index in [1.54, 1.807) is 0 Å². The third-order valence-electron chi connectivity index (χ3n) is 10.5. The summed E-state index contributed by atoms with van der Waals surface area (Å²) in [6, 6.07) is 28.8. The second-order valence-corrected chi connectivity index (χ2v) is 13.1. The predicted molar refractivity (Wildman–Crippen MR) is 183 cm³/mol. The Balaban J connectivity index is 1.42. The highest BCUT2D eigenvalue weighted by Gasteiger charge is 2.48. The molecule has 1 unspecified atom stereocenters. The molecule has 0 N–H and O–H groups in total. The highest BCUT2D eigenvalue weighted by atomic mass is 16.5. The zero-order chi connectivity index (χ0) is 29.7. The summed E-state index contributed by atoms with van der Waals surface area (Å²) in [6.45, 7) is 0. The molecule has 1 heterocycles. The summed E-state index contributed by atoms with van der Waals surface area (Å²) in [4.78, 5) is 2.15. The summed E-state index contributed by atoms with van der Waals surface area (Å²) in [6.07, 6.45) is 18.7. The van der Waals surface area contributed by atoms with Crippen LogP contribution in [-0.2, 0) is 11.0 Å². The fourth-order valence-corrected chi connectivity index (χ4v) is 8.32. The number of fused-ring (bicyclic) bond motifs is 10. The Labute approximate surface area is 261 Å². The van der Waals surface area contributed by atoms with Gasteiger partial charge in [0.1, 0.15) is 5.75 Å². The first-order valence-electron chi connectivity index (χ1n) is 16.3. The minimum atomic E-state index is -0.823. The van der Waals surface area contributed by atoms with E-state index in [4.69, 9.17) is 4.74 Å². The van der Waals surface area contributed by atoms with Crippen LogP contribution in [0.4, 0.5) is 0 Å². The highest BCUT2D eigenvalue weighted by Crippen LogP contribution is 2.61. The van der Waals surface area contributed by atoms with Gasteiger partial charge in [-0.1, -0.05) is 129 Å². The molecule has 0 radical (unpaired) electrons. The molecule has 0 amide bonds. The van der Waals surface area contributed by atoms with Crippen LogP contribution in [0.1, 0.15) is 73.6 Å². The van der Waals surface area contributed by atoms with Crippen LogP contribution in [0.15, 0.2) is 108 Å². The number of hydrogen-bond donors (Lipinski definition) is 0. The second kappa shape index (κ2) is 10.6. The summed E-state index contributed by atoms with van der Waals surface area (Å²) >= 11 is 0. The smallest absolute Gasteiger partial charge is 0.185 e. The molecule has 0 aromatic heterocycles. The lowest BCUT2D eigenvalue weighted by Gasteiger charge is -2.40. The van der Waals surface area contributed by atoms with Crippen molar-refractivity contribution in [1.82, 2.24) is 4.90 Å². The lowest BCUT2D eigenvalue weighted by Crippen LogP contribution is -2.36. The summed E-state index contributed by atoms with van der Waals surface area (Å²) in [5, 5.41) is 2.47.